The molecule has 1 aromatic heterocycles. The highest BCUT2D eigenvalue weighted by molar-refractivity contribution is 6.33. The van der Waals surface area contributed by atoms with Gasteiger partial charge in [-0.1, -0.05) is 41.0 Å². The molecule has 1 saturated heterocycles. The monoisotopic (exact) mass is 369 g/mol. The SMILES string of the molecule is COc1ccc(C2CCCN2Cc2nc(-c3ccccc3Cl)no2)cc1. The summed E-state index contributed by atoms with van der Waals surface area (Å²) in [5.41, 5.74) is 2.08. The van der Waals surface area contributed by atoms with Crippen LogP contribution in [0.15, 0.2) is 53.1 Å². The number of benzene rings is 2. The minimum absolute atomic E-state index is 0.358. The van der Waals surface area contributed by atoms with Gasteiger partial charge in [0.05, 0.1) is 18.7 Å². The average molecular weight is 370 g/mol. The van der Waals surface area contributed by atoms with Crippen LogP contribution in [-0.4, -0.2) is 28.7 Å². The van der Waals surface area contributed by atoms with Crippen LogP contribution in [0.5, 0.6) is 5.75 Å². The van der Waals surface area contributed by atoms with Gasteiger partial charge < -0.3 is 9.26 Å². The molecule has 6 heteroatoms. The van der Waals surface area contributed by atoms with Crippen molar-refractivity contribution in [1.82, 2.24) is 15.0 Å². The molecule has 134 valence electrons. The molecule has 2 heterocycles. The Morgan fingerprint density at radius 1 is 1.19 bits per heavy atom. The summed E-state index contributed by atoms with van der Waals surface area (Å²) in [6.07, 6.45) is 2.28. The molecule has 0 spiro atoms. The maximum Gasteiger partial charge on any atom is 0.241 e. The van der Waals surface area contributed by atoms with E-state index in [0.29, 0.717) is 29.3 Å². The van der Waals surface area contributed by atoms with Crippen molar-refractivity contribution in [3.63, 3.8) is 0 Å². The summed E-state index contributed by atoms with van der Waals surface area (Å²) in [6.45, 7) is 1.65. The van der Waals surface area contributed by atoms with Crippen molar-refractivity contribution in [1.29, 1.82) is 0 Å². The van der Waals surface area contributed by atoms with E-state index < -0.39 is 0 Å². The molecule has 1 fully saturated rings. The average Bonchev–Trinajstić information content (AvgIpc) is 3.32. The van der Waals surface area contributed by atoms with Gasteiger partial charge in [0, 0.05) is 11.6 Å². The Morgan fingerprint density at radius 2 is 2.00 bits per heavy atom. The van der Waals surface area contributed by atoms with Crippen LogP contribution in [-0.2, 0) is 6.54 Å². The summed E-state index contributed by atoms with van der Waals surface area (Å²) in [4.78, 5) is 6.92. The lowest BCUT2D eigenvalue weighted by atomic mass is 10.0. The highest BCUT2D eigenvalue weighted by atomic mass is 35.5. The van der Waals surface area contributed by atoms with Crippen molar-refractivity contribution in [2.24, 2.45) is 0 Å². The quantitative estimate of drug-likeness (QED) is 0.650. The molecule has 1 atom stereocenters. The summed E-state index contributed by atoms with van der Waals surface area (Å²) < 4.78 is 10.7. The number of hydrogen-bond donors (Lipinski definition) is 0. The molecule has 0 amide bonds. The van der Waals surface area contributed by atoms with Crippen LogP contribution in [0.2, 0.25) is 5.02 Å². The minimum atomic E-state index is 0.358. The maximum absolute atomic E-state index is 6.22. The van der Waals surface area contributed by atoms with Crippen LogP contribution in [0, 0.1) is 0 Å². The van der Waals surface area contributed by atoms with E-state index >= 15 is 0 Å². The first-order chi connectivity index (χ1) is 12.7. The topological polar surface area (TPSA) is 51.4 Å². The predicted octanol–water partition coefficient (Wildman–Crippen LogP) is 4.74. The van der Waals surface area contributed by atoms with Crippen LogP contribution >= 0.6 is 11.6 Å². The van der Waals surface area contributed by atoms with Crippen molar-refractivity contribution in [2.45, 2.75) is 25.4 Å². The Labute approximate surface area is 157 Å². The van der Waals surface area contributed by atoms with Crippen molar-refractivity contribution in [2.75, 3.05) is 13.7 Å². The first-order valence-corrected chi connectivity index (χ1v) is 9.08. The van der Waals surface area contributed by atoms with Crippen LogP contribution in [0.4, 0.5) is 0 Å². The zero-order valence-electron chi connectivity index (χ0n) is 14.6. The summed E-state index contributed by atoms with van der Waals surface area (Å²) in [7, 11) is 1.68. The number of hydrogen-bond acceptors (Lipinski definition) is 5. The first-order valence-electron chi connectivity index (χ1n) is 8.70. The lowest BCUT2D eigenvalue weighted by molar-refractivity contribution is 0.212. The number of nitrogens with zero attached hydrogens (tertiary/aromatic N) is 3. The largest absolute Gasteiger partial charge is 0.497 e. The third-order valence-corrected chi connectivity index (χ3v) is 5.12. The third-order valence-electron chi connectivity index (χ3n) is 4.79. The molecule has 1 unspecified atom stereocenters. The Morgan fingerprint density at radius 3 is 2.77 bits per heavy atom. The van der Waals surface area contributed by atoms with E-state index in [9.17, 15) is 0 Å². The summed E-state index contributed by atoms with van der Waals surface area (Å²) in [5, 5.41) is 4.72. The smallest absolute Gasteiger partial charge is 0.241 e. The molecular weight excluding hydrogens is 350 g/mol. The molecule has 0 saturated carbocycles. The normalized spacial score (nSPS) is 17.5. The van der Waals surface area contributed by atoms with Gasteiger partial charge in [0.2, 0.25) is 11.7 Å². The van der Waals surface area contributed by atoms with Gasteiger partial charge in [-0.3, -0.25) is 4.90 Å². The molecule has 2 aromatic carbocycles. The second-order valence-electron chi connectivity index (χ2n) is 6.39. The van der Waals surface area contributed by atoms with E-state index in [4.69, 9.17) is 20.9 Å². The third kappa shape index (κ3) is 3.45. The molecule has 5 nitrogen and oxygen atoms in total. The molecule has 0 bridgehead atoms. The summed E-state index contributed by atoms with van der Waals surface area (Å²) in [6, 6.07) is 16.2. The lowest BCUT2D eigenvalue weighted by Gasteiger charge is -2.23. The fourth-order valence-electron chi connectivity index (χ4n) is 3.46. The van der Waals surface area contributed by atoms with E-state index in [0.717, 1.165) is 30.7 Å². The maximum atomic E-state index is 6.22. The van der Waals surface area contributed by atoms with Crippen molar-refractivity contribution in [3.05, 3.63) is 65.0 Å². The number of likely N-dealkylation sites (tertiary alicyclic amines) is 1. The lowest BCUT2D eigenvalue weighted by Crippen LogP contribution is -2.22. The molecular formula is C20H20ClN3O2. The van der Waals surface area contributed by atoms with Gasteiger partial charge in [0.15, 0.2) is 0 Å². The van der Waals surface area contributed by atoms with Gasteiger partial charge in [0.25, 0.3) is 0 Å². The van der Waals surface area contributed by atoms with Crippen molar-refractivity contribution >= 4 is 11.6 Å². The molecule has 0 aliphatic carbocycles. The molecule has 0 radical (unpaired) electrons. The van der Waals surface area contributed by atoms with Crippen LogP contribution in [0.25, 0.3) is 11.4 Å². The molecule has 4 rings (SSSR count). The molecule has 3 aromatic rings. The molecule has 1 aliphatic heterocycles. The van der Waals surface area contributed by atoms with E-state index in [2.05, 4.69) is 27.2 Å². The van der Waals surface area contributed by atoms with Crippen LogP contribution in [0.1, 0.15) is 30.3 Å². The van der Waals surface area contributed by atoms with Gasteiger partial charge in [-0.2, -0.15) is 4.98 Å². The fourth-order valence-corrected chi connectivity index (χ4v) is 3.68. The second kappa shape index (κ2) is 7.48. The number of halogens is 1. The number of ether oxygens (including phenoxy) is 1. The standard InChI is InChI=1S/C20H20ClN3O2/c1-25-15-10-8-14(9-11-15)18-7-4-12-24(18)13-19-22-20(23-26-19)16-5-2-3-6-17(16)21/h2-3,5-6,8-11,18H,4,7,12-13H2,1H3. The van der Waals surface area contributed by atoms with E-state index in [1.165, 1.54) is 5.56 Å². The zero-order chi connectivity index (χ0) is 17.9. The second-order valence-corrected chi connectivity index (χ2v) is 6.80. The highest BCUT2D eigenvalue weighted by Gasteiger charge is 2.27. The molecule has 1 aliphatic rings. The Kier molecular flexibility index (Phi) is 4.91. The van der Waals surface area contributed by atoms with Crippen LogP contribution < -0.4 is 4.74 Å². The number of methoxy groups -OCH3 is 1. The predicted molar refractivity (Wildman–Crippen MR) is 100 cm³/mol. The Balaban J connectivity index is 1.50. The van der Waals surface area contributed by atoms with Gasteiger partial charge >= 0.3 is 0 Å². The van der Waals surface area contributed by atoms with Gasteiger partial charge in [-0.25, -0.2) is 0 Å². The van der Waals surface area contributed by atoms with Gasteiger partial charge in [-0.05, 0) is 49.2 Å². The molecule has 26 heavy (non-hydrogen) atoms. The van der Waals surface area contributed by atoms with Gasteiger partial charge in [-0.15, -0.1) is 0 Å². The van der Waals surface area contributed by atoms with Crippen molar-refractivity contribution < 1.29 is 9.26 Å². The number of rotatable bonds is 5. The molecule has 0 N–H and O–H groups in total. The van der Waals surface area contributed by atoms with Crippen molar-refractivity contribution in [3.8, 4) is 17.1 Å². The van der Waals surface area contributed by atoms with Gasteiger partial charge in [0.1, 0.15) is 5.75 Å². The fraction of sp³-hybridized carbons (Fsp3) is 0.300. The summed E-state index contributed by atoms with van der Waals surface area (Å²) in [5.74, 6) is 2.02. The number of aromatic nitrogens is 2. The first kappa shape index (κ1) is 17.1. The Hall–Kier alpha value is -2.37. The Bertz CT molecular complexity index is 879. The van der Waals surface area contributed by atoms with E-state index in [1.807, 2.05) is 36.4 Å². The van der Waals surface area contributed by atoms with E-state index in [-0.39, 0.29) is 0 Å². The minimum Gasteiger partial charge on any atom is -0.497 e. The highest BCUT2D eigenvalue weighted by Crippen LogP contribution is 2.34. The zero-order valence-corrected chi connectivity index (χ0v) is 15.3. The van der Waals surface area contributed by atoms with Crippen LogP contribution in [0.3, 0.4) is 0 Å². The summed E-state index contributed by atoms with van der Waals surface area (Å²) >= 11 is 6.22. The van der Waals surface area contributed by atoms with E-state index in [1.54, 1.807) is 7.11 Å².